The molecule has 4 radical (unpaired) electrons. The first-order chi connectivity index (χ1) is 20.8. The second-order valence-corrected chi connectivity index (χ2v) is 13.1. The number of hydrogen-bond donors (Lipinski definition) is 12. The number of rotatable bonds is 0. The smallest absolute Gasteiger partial charge is 0.0483 e. The van der Waals surface area contributed by atoms with Gasteiger partial charge in [-0.2, -0.15) is 0 Å². The molecule has 12 N–H and O–H groups in total. The van der Waals surface area contributed by atoms with Gasteiger partial charge in [0.1, 0.15) is 0 Å². The summed E-state index contributed by atoms with van der Waals surface area (Å²) in [6.45, 7) is 41.3. The standard InChI is InChI=1S/12C3H8O.Sr.2Ta/c12*1-3(2)4;;;/h12*3-4H,1-2H3;;;. The van der Waals surface area contributed by atoms with E-state index in [4.69, 9.17) is 61.3 Å². The van der Waals surface area contributed by atoms with E-state index in [-0.39, 0.29) is 163 Å². The molecular formula is C36H96O12SrTa2. The minimum Gasteiger partial charge on any atom is -0.394 e. The van der Waals surface area contributed by atoms with Crippen LogP contribution in [-0.2, 0) is 44.8 Å². The predicted molar refractivity (Wildman–Crippen MR) is 214 cm³/mol. The summed E-state index contributed by atoms with van der Waals surface area (Å²) >= 11 is 0. The molecule has 15 heteroatoms. The molecule has 0 spiro atoms. The van der Waals surface area contributed by atoms with Crippen LogP contribution in [0, 0.1) is 0 Å². The molecule has 0 fully saturated rings. The van der Waals surface area contributed by atoms with Crippen molar-refractivity contribution in [1.82, 2.24) is 0 Å². The van der Waals surface area contributed by atoms with Crippen LogP contribution in [0.15, 0.2) is 0 Å². The van der Waals surface area contributed by atoms with Gasteiger partial charge in [0.05, 0.1) is 0 Å². The summed E-state index contributed by atoms with van der Waals surface area (Å²) in [5.41, 5.74) is 0. The maximum atomic E-state index is 8.06. The fourth-order valence-electron chi connectivity index (χ4n) is 0. The molecule has 12 nitrogen and oxygen atoms in total. The van der Waals surface area contributed by atoms with Crippen LogP contribution in [0.2, 0.25) is 0 Å². The molecular weight excluding hydrogens is 1070 g/mol. The van der Waals surface area contributed by atoms with Crippen molar-refractivity contribution in [2.75, 3.05) is 0 Å². The van der Waals surface area contributed by atoms with E-state index < -0.39 is 0 Å². The first kappa shape index (κ1) is 99.5. The Bertz CT molecular complexity index is 244. The molecule has 0 atom stereocenters. The Labute approximate surface area is 387 Å². The van der Waals surface area contributed by atoms with Gasteiger partial charge >= 0.3 is 0 Å². The van der Waals surface area contributed by atoms with Crippen LogP contribution in [0.3, 0.4) is 0 Å². The maximum absolute atomic E-state index is 8.06. The molecule has 0 unspecified atom stereocenters. The molecule has 0 saturated heterocycles. The van der Waals surface area contributed by atoms with Gasteiger partial charge in [0.15, 0.2) is 0 Å². The predicted octanol–water partition coefficient (Wildman–Crippen LogP) is 4.26. The van der Waals surface area contributed by atoms with Crippen molar-refractivity contribution in [2.24, 2.45) is 0 Å². The van der Waals surface area contributed by atoms with Crippen molar-refractivity contribution < 1.29 is 106 Å². The van der Waals surface area contributed by atoms with Crippen molar-refractivity contribution in [3.63, 3.8) is 0 Å². The van der Waals surface area contributed by atoms with Crippen molar-refractivity contribution in [3.05, 3.63) is 0 Å². The van der Waals surface area contributed by atoms with E-state index in [9.17, 15) is 0 Å². The fraction of sp³-hybridized carbons (Fsp3) is 1.00. The molecule has 0 aromatic rings. The van der Waals surface area contributed by atoms with Gasteiger partial charge in [-0.3, -0.25) is 0 Å². The third kappa shape index (κ3) is 21700. The van der Waals surface area contributed by atoms with E-state index in [1.807, 2.05) is 0 Å². The van der Waals surface area contributed by atoms with E-state index >= 15 is 0 Å². The van der Waals surface area contributed by atoms with Crippen molar-refractivity contribution >= 4 is 45.5 Å². The second kappa shape index (κ2) is 93.9. The van der Waals surface area contributed by atoms with Gasteiger partial charge < -0.3 is 61.3 Å². The summed E-state index contributed by atoms with van der Waals surface area (Å²) in [5, 5.41) is 96.7. The molecule has 0 aliphatic rings. The molecule has 0 aliphatic heterocycles. The van der Waals surface area contributed by atoms with Gasteiger partial charge in [0.2, 0.25) is 0 Å². The Kier molecular flexibility index (Phi) is 183. The maximum Gasteiger partial charge on any atom is 0.0483 e. The van der Waals surface area contributed by atoms with Gasteiger partial charge in [0.25, 0.3) is 0 Å². The quantitative estimate of drug-likeness (QED) is 0.153. The minimum atomic E-state index is -0.167. The van der Waals surface area contributed by atoms with Crippen LogP contribution in [-0.4, -0.2) is 180 Å². The largest absolute Gasteiger partial charge is 0.394 e. The summed E-state index contributed by atoms with van der Waals surface area (Å²) < 4.78 is 0. The van der Waals surface area contributed by atoms with Crippen LogP contribution in [0.25, 0.3) is 0 Å². The van der Waals surface area contributed by atoms with Crippen molar-refractivity contribution in [1.29, 1.82) is 0 Å². The second-order valence-electron chi connectivity index (χ2n) is 13.1. The minimum absolute atomic E-state index is 0. The van der Waals surface area contributed by atoms with E-state index in [0.29, 0.717) is 0 Å². The van der Waals surface area contributed by atoms with Gasteiger partial charge in [-0.05, 0) is 166 Å². The summed E-state index contributed by atoms with van der Waals surface area (Å²) in [5.74, 6) is 0. The molecule has 0 heterocycles. The van der Waals surface area contributed by atoms with E-state index in [1.54, 1.807) is 166 Å². The number of aliphatic hydroxyl groups excluding tert-OH is 12. The third-order valence-corrected chi connectivity index (χ3v) is 0. The number of hydrogen-bond acceptors (Lipinski definition) is 12. The molecule has 0 amide bonds. The molecule has 0 aliphatic carbocycles. The molecule has 51 heavy (non-hydrogen) atoms. The third-order valence-electron chi connectivity index (χ3n) is 0. The van der Waals surface area contributed by atoms with Gasteiger partial charge in [-0.25, -0.2) is 0 Å². The van der Waals surface area contributed by atoms with Crippen LogP contribution in [0.1, 0.15) is 166 Å². The Morgan fingerprint density at radius 1 is 0.157 bits per heavy atom. The fourth-order valence-corrected chi connectivity index (χ4v) is 0. The van der Waals surface area contributed by atoms with Crippen LogP contribution >= 0.6 is 0 Å². The molecule has 0 bridgehead atoms. The SMILES string of the molecule is CC(C)O.CC(C)O.CC(C)O.CC(C)O.CC(C)O.CC(C)O.CC(C)O.CC(C)O.CC(C)O.CC(C)O.CC(C)O.CC(C)O.[Sr].[Ta].[Ta]. The zero-order chi connectivity index (χ0) is 42.9. The monoisotopic (exact) mass is 1170 g/mol. The zero-order valence-corrected chi connectivity index (χ0v) is 47.8. The van der Waals surface area contributed by atoms with E-state index in [1.165, 1.54) is 0 Å². The Hall–Kier alpha value is 2.48. The van der Waals surface area contributed by atoms with E-state index in [0.717, 1.165) is 0 Å². The first-order valence-corrected chi connectivity index (χ1v) is 17.0. The molecule has 0 aromatic heterocycles. The van der Waals surface area contributed by atoms with Crippen molar-refractivity contribution in [2.45, 2.75) is 239 Å². The molecule has 0 saturated carbocycles. The average molecular weight is 1170 g/mol. The molecule has 0 aromatic carbocycles. The van der Waals surface area contributed by atoms with Crippen LogP contribution < -0.4 is 0 Å². The summed E-state index contributed by atoms with van der Waals surface area (Å²) in [6, 6.07) is 0. The van der Waals surface area contributed by atoms with Crippen LogP contribution in [0.5, 0.6) is 0 Å². The summed E-state index contributed by atoms with van der Waals surface area (Å²) in [4.78, 5) is 0. The van der Waals surface area contributed by atoms with Crippen LogP contribution in [0.4, 0.5) is 0 Å². The first-order valence-electron chi connectivity index (χ1n) is 17.0. The molecule has 324 valence electrons. The average Bonchev–Trinajstić information content (AvgIpc) is 2.61. The van der Waals surface area contributed by atoms with E-state index in [2.05, 4.69) is 0 Å². The molecule has 0 rings (SSSR count). The Morgan fingerprint density at radius 2 is 0.157 bits per heavy atom. The van der Waals surface area contributed by atoms with Gasteiger partial charge in [0, 0.05) is 163 Å². The number of aliphatic hydroxyl groups is 12. The van der Waals surface area contributed by atoms with Gasteiger partial charge in [-0.1, -0.05) is 0 Å². The Balaban J connectivity index is -0.0000000212. The van der Waals surface area contributed by atoms with Gasteiger partial charge in [-0.15, -0.1) is 0 Å². The summed E-state index contributed by atoms with van der Waals surface area (Å²) in [7, 11) is 0. The van der Waals surface area contributed by atoms with Crippen molar-refractivity contribution in [3.8, 4) is 0 Å². The topological polar surface area (TPSA) is 243 Å². The Morgan fingerprint density at radius 3 is 0.157 bits per heavy atom. The normalized spacial score (nSPS) is 8.47. The summed E-state index contributed by atoms with van der Waals surface area (Å²) in [6.07, 6.45) is -2.00. The zero-order valence-electron chi connectivity index (χ0n) is 37.9.